The number of rotatable bonds is 6. The third-order valence-corrected chi connectivity index (χ3v) is 3.96. The van der Waals surface area contributed by atoms with E-state index in [-0.39, 0.29) is 17.9 Å². The molecule has 0 unspecified atom stereocenters. The lowest BCUT2D eigenvalue weighted by atomic mass is 10.2. The molecule has 0 saturated carbocycles. The van der Waals surface area contributed by atoms with Gasteiger partial charge in [0.15, 0.2) is 9.84 Å². The average molecular weight is 296 g/mol. The second-order valence-electron chi connectivity index (χ2n) is 3.91. The summed E-state index contributed by atoms with van der Waals surface area (Å²) in [6.45, 7) is -0.258. The molecule has 0 saturated heterocycles. The Bertz CT molecular complexity index is 643. The molecular formula is C12H12N2O5S. The fourth-order valence-electron chi connectivity index (χ4n) is 1.43. The first-order valence-electron chi connectivity index (χ1n) is 5.52. The van der Waals surface area contributed by atoms with Gasteiger partial charge in [0.05, 0.1) is 17.4 Å². The van der Waals surface area contributed by atoms with E-state index in [1.165, 1.54) is 24.3 Å². The third kappa shape index (κ3) is 4.70. The van der Waals surface area contributed by atoms with Gasteiger partial charge in [0.1, 0.15) is 12.3 Å². The van der Waals surface area contributed by atoms with Gasteiger partial charge in [-0.3, -0.25) is 9.59 Å². The number of nitrogens with zero attached hydrogens (tertiary/aromatic N) is 1. The van der Waals surface area contributed by atoms with Gasteiger partial charge < -0.3 is 10.4 Å². The van der Waals surface area contributed by atoms with Crippen LogP contribution in [0.15, 0.2) is 29.2 Å². The highest BCUT2D eigenvalue weighted by atomic mass is 32.2. The number of carboxylic acid groups (broad SMARTS) is 1. The molecular weight excluding hydrogens is 284 g/mol. The molecule has 0 heterocycles. The standard InChI is InChI=1S/C12H12N2O5S/c13-5-6-14-11(15)8-20(18,19)10-3-1-9(2-4-10)7-12(16)17/h1-4H,6-8H2,(H,14,15)(H,16,17). The normalized spacial score (nSPS) is 10.6. The number of sulfone groups is 1. The first kappa shape index (κ1) is 15.7. The Kier molecular flexibility index (Phi) is 5.23. The SMILES string of the molecule is N#CCNC(=O)CS(=O)(=O)c1ccc(CC(=O)O)cc1. The molecule has 106 valence electrons. The predicted molar refractivity (Wildman–Crippen MR) is 68.5 cm³/mol. The fourth-order valence-corrected chi connectivity index (χ4v) is 2.60. The molecule has 0 atom stereocenters. The molecule has 1 amide bonds. The van der Waals surface area contributed by atoms with E-state index in [0.29, 0.717) is 5.56 Å². The number of nitrogens with one attached hydrogen (secondary N) is 1. The molecule has 7 nitrogen and oxygen atoms in total. The van der Waals surface area contributed by atoms with Crippen LogP contribution in [-0.2, 0) is 25.8 Å². The Hall–Kier alpha value is -2.40. The average Bonchev–Trinajstić information content (AvgIpc) is 2.35. The lowest BCUT2D eigenvalue weighted by Gasteiger charge is -2.05. The Morgan fingerprint density at radius 1 is 1.25 bits per heavy atom. The maximum Gasteiger partial charge on any atom is 0.307 e. The molecule has 0 radical (unpaired) electrons. The van der Waals surface area contributed by atoms with Crippen molar-refractivity contribution in [3.8, 4) is 6.07 Å². The maximum absolute atomic E-state index is 11.9. The number of carbonyl (C=O) groups excluding carboxylic acids is 1. The van der Waals surface area contributed by atoms with Crippen molar-refractivity contribution in [3.05, 3.63) is 29.8 Å². The Balaban J connectivity index is 2.80. The van der Waals surface area contributed by atoms with Crippen molar-refractivity contribution >= 4 is 21.7 Å². The Morgan fingerprint density at radius 2 is 1.85 bits per heavy atom. The van der Waals surface area contributed by atoms with Crippen LogP contribution in [0.25, 0.3) is 0 Å². The van der Waals surface area contributed by atoms with Crippen molar-refractivity contribution < 1.29 is 23.1 Å². The van der Waals surface area contributed by atoms with Crippen LogP contribution in [0.1, 0.15) is 5.56 Å². The first-order chi connectivity index (χ1) is 9.35. The van der Waals surface area contributed by atoms with Crippen LogP contribution < -0.4 is 5.32 Å². The van der Waals surface area contributed by atoms with Gasteiger partial charge in [-0.2, -0.15) is 5.26 Å². The zero-order valence-electron chi connectivity index (χ0n) is 10.4. The number of carbonyl (C=O) groups is 2. The molecule has 1 aromatic carbocycles. The number of amides is 1. The lowest BCUT2D eigenvalue weighted by molar-refractivity contribution is -0.136. The maximum atomic E-state index is 11.9. The highest BCUT2D eigenvalue weighted by molar-refractivity contribution is 7.92. The number of aliphatic carboxylic acids is 1. The van der Waals surface area contributed by atoms with Crippen LogP contribution in [0.2, 0.25) is 0 Å². The molecule has 0 spiro atoms. The second kappa shape index (κ2) is 6.68. The van der Waals surface area contributed by atoms with Crippen molar-refractivity contribution in [1.29, 1.82) is 5.26 Å². The van der Waals surface area contributed by atoms with Crippen molar-refractivity contribution in [2.24, 2.45) is 0 Å². The smallest absolute Gasteiger partial charge is 0.307 e. The molecule has 0 aromatic heterocycles. The van der Waals surface area contributed by atoms with Gasteiger partial charge in [-0.05, 0) is 17.7 Å². The fraction of sp³-hybridized carbons (Fsp3) is 0.250. The van der Waals surface area contributed by atoms with Crippen molar-refractivity contribution in [1.82, 2.24) is 5.32 Å². The van der Waals surface area contributed by atoms with Gasteiger partial charge in [-0.1, -0.05) is 12.1 Å². The number of nitriles is 1. The Labute approximate surface area is 115 Å². The van der Waals surface area contributed by atoms with E-state index in [4.69, 9.17) is 10.4 Å². The summed E-state index contributed by atoms with van der Waals surface area (Å²) in [5.74, 6) is -2.54. The minimum Gasteiger partial charge on any atom is -0.481 e. The molecule has 20 heavy (non-hydrogen) atoms. The molecule has 0 aliphatic heterocycles. The van der Waals surface area contributed by atoms with E-state index in [9.17, 15) is 18.0 Å². The number of hydrogen-bond donors (Lipinski definition) is 2. The number of carboxylic acids is 1. The summed E-state index contributed by atoms with van der Waals surface area (Å²) in [7, 11) is -3.80. The predicted octanol–water partition coefficient (Wildman–Crippen LogP) is -0.273. The minimum atomic E-state index is -3.80. The van der Waals surface area contributed by atoms with Gasteiger partial charge in [0.2, 0.25) is 5.91 Å². The van der Waals surface area contributed by atoms with Gasteiger partial charge in [-0.25, -0.2) is 8.42 Å². The molecule has 0 aliphatic carbocycles. The quantitative estimate of drug-likeness (QED) is 0.696. The summed E-state index contributed by atoms with van der Waals surface area (Å²) in [6, 6.07) is 6.94. The number of hydrogen-bond acceptors (Lipinski definition) is 5. The lowest BCUT2D eigenvalue weighted by Crippen LogP contribution is -2.30. The van der Waals surface area contributed by atoms with E-state index >= 15 is 0 Å². The van der Waals surface area contributed by atoms with Gasteiger partial charge in [0.25, 0.3) is 0 Å². The largest absolute Gasteiger partial charge is 0.481 e. The topological polar surface area (TPSA) is 124 Å². The molecule has 1 aromatic rings. The zero-order valence-corrected chi connectivity index (χ0v) is 11.2. The van der Waals surface area contributed by atoms with Crippen LogP contribution in [0.5, 0.6) is 0 Å². The monoisotopic (exact) mass is 296 g/mol. The van der Waals surface area contributed by atoms with E-state index < -0.39 is 27.5 Å². The van der Waals surface area contributed by atoms with Crippen molar-refractivity contribution in [2.45, 2.75) is 11.3 Å². The molecule has 0 aliphatic rings. The molecule has 8 heteroatoms. The number of benzene rings is 1. The summed E-state index contributed by atoms with van der Waals surface area (Å²) in [4.78, 5) is 21.7. The summed E-state index contributed by atoms with van der Waals surface area (Å²) in [5, 5.41) is 19.0. The van der Waals surface area contributed by atoms with Gasteiger partial charge in [-0.15, -0.1) is 0 Å². The molecule has 0 bridgehead atoms. The molecule has 2 N–H and O–H groups in total. The summed E-state index contributed by atoms with van der Waals surface area (Å²) < 4.78 is 23.8. The summed E-state index contributed by atoms with van der Waals surface area (Å²) in [5.41, 5.74) is 0.463. The van der Waals surface area contributed by atoms with Crippen LogP contribution in [0.3, 0.4) is 0 Å². The third-order valence-electron chi connectivity index (χ3n) is 2.32. The highest BCUT2D eigenvalue weighted by Crippen LogP contribution is 2.13. The highest BCUT2D eigenvalue weighted by Gasteiger charge is 2.19. The first-order valence-corrected chi connectivity index (χ1v) is 7.17. The van der Waals surface area contributed by atoms with Crippen LogP contribution in [-0.4, -0.2) is 37.7 Å². The van der Waals surface area contributed by atoms with Crippen molar-refractivity contribution in [2.75, 3.05) is 12.3 Å². The van der Waals surface area contributed by atoms with E-state index in [0.717, 1.165) is 0 Å². The minimum absolute atomic E-state index is 0.0706. The summed E-state index contributed by atoms with van der Waals surface area (Å²) in [6.07, 6.45) is -0.205. The van der Waals surface area contributed by atoms with E-state index in [1.807, 2.05) is 0 Å². The van der Waals surface area contributed by atoms with Gasteiger partial charge >= 0.3 is 5.97 Å². The van der Waals surface area contributed by atoms with E-state index in [2.05, 4.69) is 5.32 Å². The van der Waals surface area contributed by atoms with Crippen LogP contribution in [0, 0.1) is 11.3 Å². The second-order valence-corrected chi connectivity index (χ2v) is 5.90. The molecule has 1 rings (SSSR count). The van der Waals surface area contributed by atoms with Crippen molar-refractivity contribution in [3.63, 3.8) is 0 Å². The van der Waals surface area contributed by atoms with Crippen LogP contribution in [0.4, 0.5) is 0 Å². The zero-order chi connectivity index (χ0) is 15.2. The van der Waals surface area contributed by atoms with Gasteiger partial charge in [0, 0.05) is 0 Å². The Morgan fingerprint density at radius 3 is 2.35 bits per heavy atom. The summed E-state index contributed by atoms with van der Waals surface area (Å²) >= 11 is 0. The molecule has 0 fully saturated rings. The van der Waals surface area contributed by atoms with Crippen LogP contribution >= 0.6 is 0 Å². The van der Waals surface area contributed by atoms with E-state index in [1.54, 1.807) is 6.07 Å².